The molecule has 0 aliphatic heterocycles. The lowest BCUT2D eigenvalue weighted by Gasteiger charge is -2.19. The molecule has 2 rings (SSSR count). The summed E-state index contributed by atoms with van der Waals surface area (Å²) in [7, 11) is 0. The van der Waals surface area contributed by atoms with Crippen LogP contribution < -0.4 is 0 Å². The Morgan fingerprint density at radius 2 is 1.10 bits per heavy atom. The van der Waals surface area contributed by atoms with Gasteiger partial charge in [-0.1, -0.05) is 6.92 Å². The van der Waals surface area contributed by atoms with Gasteiger partial charge in [0.05, 0.1) is 9.85 Å². The quantitative estimate of drug-likeness (QED) is 0.321. The molecule has 0 spiro atoms. The fraction of sp³-hybridized carbons (Fsp3) is 0.300. The largest absolute Gasteiger partial charge is 0.303 e. The summed E-state index contributed by atoms with van der Waals surface area (Å²) >= 11 is 0. The molecule has 0 atom stereocenters. The van der Waals surface area contributed by atoms with Gasteiger partial charge in [-0.05, 0) is 30.8 Å². The minimum absolute atomic E-state index is 0.0681. The van der Waals surface area contributed by atoms with Crippen molar-refractivity contribution in [3.63, 3.8) is 0 Å². The number of benzene rings is 2. The van der Waals surface area contributed by atoms with Crippen LogP contribution in [0.3, 0.4) is 0 Å². The van der Waals surface area contributed by atoms with Gasteiger partial charge in [0.25, 0.3) is 11.4 Å². The van der Waals surface area contributed by atoms with E-state index in [0.29, 0.717) is 30.8 Å². The van der Waals surface area contributed by atoms with Crippen LogP contribution in [0.5, 0.6) is 0 Å². The standard InChI is InChI=1S/C20H21N3O6/c1-2-21(13-11-19(24)15-3-7-17(8-4-15)22(26)27)14-12-20(25)16-5-9-18(10-6-16)23(28)29/h3-10H,2,11-14H2,1H3. The Balaban J connectivity index is 1.85. The number of nitro benzene ring substituents is 2. The number of hydrogen-bond donors (Lipinski definition) is 0. The highest BCUT2D eigenvalue weighted by atomic mass is 16.6. The Labute approximate surface area is 167 Å². The molecule has 9 nitrogen and oxygen atoms in total. The van der Waals surface area contributed by atoms with Crippen LogP contribution in [-0.4, -0.2) is 45.9 Å². The number of rotatable bonds is 11. The number of hydrogen-bond acceptors (Lipinski definition) is 7. The lowest BCUT2D eigenvalue weighted by Crippen LogP contribution is -2.28. The van der Waals surface area contributed by atoms with Crippen molar-refractivity contribution in [3.05, 3.63) is 79.9 Å². The predicted molar refractivity (Wildman–Crippen MR) is 106 cm³/mol. The molecule has 0 aromatic heterocycles. The van der Waals surface area contributed by atoms with E-state index >= 15 is 0 Å². The van der Waals surface area contributed by atoms with Crippen LogP contribution in [0.2, 0.25) is 0 Å². The minimum Gasteiger partial charge on any atom is -0.303 e. The van der Waals surface area contributed by atoms with Crippen LogP contribution in [-0.2, 0) is 0 Å². The third-order valence-electron chi connectivity index (χ3n) is 4.56. The first-order valence-electron chi connectivity index (χ1n) is 9.09. The van der Waals surface area contributed by atoms with Gasteiger partial charge >= 0.3 is 0 Å². The van der Waals surface area contributed by atoms with Crippen molar-refractivity contribution in [1.82, 2.24) is 4.90 Å². The number of ketones is 2. The maximum Gasteiger partial charge on any atom is 0.269 e. The van der Waals surface area contributed by atoms with Crippen molar-refractivity contribution in [1.29, 1.82) is 0 Å². The van der Waals surface area contributed by atoms with Crippen LogP contribution in [0.15, 0.2) is 48.5 Å². The normalized spacial score (nSPS) is 10.7. The molecule has 0 amide bonds. The summed E-state index contributed by atoms with van der Waals surface area (Å²) in [4.78, 5) is 46.8. The SMILES string of the molecule is CCN(CCC(=O)c1ccc([N+](=O)[O-])cc1)CCC(=O)c1ccc([N+](=O)[O-])cc1. The molecule has 2 aromatic carbocycles. The van der Waals surface area contributed by atoms with Gasteiger partial charge in [-0.25, -0.2) is 0 Å². The highest BCUT2D eigenvalue weighted by Gasteiger charge is 2.14. The van der Waals surface area contributed by atoms with E-state index in [1.165, 1.54) is 48.5 Å². The van der Waals surface area contributed by atoms with Gasteiger partial charge in [0, 0.05) is 61.3 Å². The van der Waals surface area contributed by atoms with E-state index in [-0.39, 0.29) is 35.8 Å². The number of nitrogens with zero attached hydrogens (tertiary/aromatic N) is 3. The molecule has 0 bridgehead atoms. The zero-order chi connectivity index (χ0) is 21.4. The zero-order valence-electron chi connectivity index (χ0n) is 15.9. The molecular formula is C20H21N3O6. The summed E-state index contributed by atoms with van der Waals surface area (Å²) < 4.78 is 0. The van der Waals surface area contributed by atoms with Crippen molar-refractivity contribution in [2.75, 3.05) is 19.6 Å². The number of non-ortho nitro benzene ring substituents is 2. The summed E-state index contributed by atoms with van der Waals surface area (Å²) in [6.45, 7) is 3.49. The molecule has 9 heteroatoms. The summed E-state index contributed by atoms with van der Waals surface area (Å²) in [5.74, 6) is -0.250. The van der Waals surface area contributed by atoms with Gasteiger partial charge < -0.3 is 4.90 Å². The molecule has 0 aliphatic carbocycles. The highest BCUT2D eigenvalue weighted by molar-refractivity contribution is 5.97. The predicted octanol–water partition coefficient (Wildman–Crippen LogP) is 3.67. The molecule has 0 saturated heterocycles. The molecule has 0 N–H and O–H groups in total. The summed E-state index contributed by atoms with van der Waals surface area (Å²) in [6.07, 6.45) is 0.467. The van der Waals surface area contributed by atoms with E-state index in [2.05, 4.69) is 0 Å². The van der Waals surface area contributed by atoms with Gasteiger partial charge in [-0.15, -0.1) is 0 Å². The third-order valence-corrected chi connectivity index (χ3v) is 4.56. The topological polar surface area (TPSA) is 124 Å². The monoisotopic (exact) mass is 399 g/mol. The smallest absolute Gasteiger partial charge is 0.269 e. The van der Waals surface area contributed by atoms with Crippen LogP contribution in [0.4, 0.5) is 11.4 Å². The first-order chi connectivity index (χ1) is 13.8. The van der Waals surface area contributed by atoms with Gasteiger partial charge in [-0.2, -0.15) is 0 Å². The Kier molecular flexibility index (Phi) is 7.67. The van der Waals surface area contributed by atoms with Crippen LogP contribution in [0.1, 0.15) is 40.5 Å². The van der Waals surface area contributed by atoms with Crippen molar-refractivity contribution in [2.45, 2.75) is 19.8 Å². The van der Waals surface area contributed by atoms with Crippen molar-refractivity contribution >= 4 is 22.9 Å². The average molecular weight is 399 g/mol. The molecule has 0 fully saturated rings. The molecular weight excluding hydrogens is 378 g/mol. The fourth-order valence-electron chi connectivity index (χ4n) is 2.77. The highest BCUT2D eigenvalue weighted by Crippen LogP contribution is 2.15. The van der Waals surface area contributed by atoms with E-state index in [9.17, 15) is 29.8 Å². The van der Waals surface area contributed by atoms with Gasteiger partial charge in [-0.3, -0.25) is 29.8 Å². The summed E-state index contributed by atoms with van der Waals surface area (Å²) in [5.41, 5.74) is 0.685. The fourth-order valence-corrected chi connectivity index (χ4v) is 2.77. The van der Waals surface area contributed by atoms with Crippen LogP contribution in [0.25, 0.3) is 0 Å². The first kappa shape index (κ1) is 21.8. The molecule has 0 aliphatic rings. The first-order valence-corrected chi connectivity index (χ1v) is 9.09. The van der Waals surface area contributed by atoms with Crippen LogP contribution >= 0.6 is 0 Å². The third kappa shape index (κ3) is 6.28. The van der Waals surface area contributed by atoms with Gasteiger partial charge in [0.2, 0.25) is 0 Å². The molecule has 0 radical (unpaired) electrons. The molecule has 2 aromatic rings. The average Bonchev–Trinajstić information content (AvgIpc) is 2.73. The van der Waals surface area contributed by atoms with Crippen molar-refractivity contribution in [3.8, 4) is 0 Å². The second kappa shape index (κ2) is 10.2. The summed E-state index contributed by atoms with van der Waals surface area (Å²) in [6, 6.07) is 11.0. The molecule has 0 saturated carbocycles. The Hall–Kier alpha value is -3.46. The Bertz CT molecular complexity index is 820. The van der Waals surface area contributed by atoms with Crippen LogP contribution in [0, 0.1) is 20.2 Å². The molecule has 152 valence electrons. The number of carbonyl (C=O) groups excluding carboxylic acids is 2. The molecule has 0 unspecified atom stereocenters. The van der Waals surface area contributed by atoms with Crippen molar-refractivity contribution in [2.24, 2.45) is 0 Å². The van der Waals surface area contributed by atoms with Gasteiger partial charge in [0.1, 0.15) is 0 Å². The van der Waals surface area contributed by atoms with Crippen molar-refractivity contribution < 1.29 is 19.4 Å². The number of Topliss-reactive ketones (excluding diaryl/α,β-unsaturated/α-hetero) is 2. The second-order valence-corrected chi connectivity index (χ2v) is 6.39. The van der Waals surface area contributed by atoms with E-state index in [0.717, 1.165) is 0 Å². The van der Waals surface area contributed by atoms with E-state index in [1.807, 2.05) is 11.8 Å². The molecule has 0 heterocycles. The van der Waals surface area contributed by atoms with E-state index in [1.54, 1.807) is 0 Å². The molecule has 29 heavy (non-hydrogen) atoms. The Morgan fingerprint density at radius 1 is 0.759 bits per heavy atom. The Morgan fingerprint density at radius 3 is 1.38 bits per heavy atom. The second-order valence-electron chi connectivity index (χ2n) is 6.39. The van der Waals surface area contributed by atoms with Gasteiger partial charge in [0.15, 0.2) is 11.6 Å². The van der Waals surface area contributed by atoms with E-state index < -0.39 is 9.85 Å². The number of nitro groups is 2. The maximum absolute atomic E-state index is 12.3. The van der Waals surface area contributed by atoms with E-state index in [4.69, 9.17) is 0 Å². The zero-order valence-corrected chi connectivity index (χ0v) is 15.9. The number of carbonyl (C=O) groups is 2. The lowest BCUT2D eigenvalue weighted by atomic mass is 10.1. The minimum atomic E-state index is -0.519. The maximum atomic E-state index is 12.3. The lowest BCUT2D eigenvalue weighted by molar-refractivity contribution is -0.385. The summed E-state index contributed by atoms with van der Waals surface area (Å²) in [5, 5.41) is 21.3.